The van der Waals surface area contributed by atoms with Crippen molar-refractivity contribution in [2.45, 2.75) is 0 Å². The van der Waals surface area contributed by atoms with E-state index in [0.717, 1.165) is 0 Å². The predicted molar refractivity (Wildman–Crippen MR) is 15.5 cm³/mol. The summed E-state index contributed by atoms with van der Waals surface area (Å²) in [5.41, 5.74) is 0. The third kappa shape index (κ3) is 1130. The Morgan fingerprint density at radius 2 is 1.14 bits per heavy atom. The average Bonchev–Trinajstić information content (AvgIpc) is 0.722. The van der Waals surface area contributed by atoms with E-state index in [1.807, 2.05) is 0 Å². The topological polar surface area (TPSA) is 115 Å². The van der Waals surface area contributed by atoms with Crippen molar-refractivity contribution in [1.82, 2.24) is 6.15 Å². The summed E-state index contributed by atoms with van der Waals surface area (Å²) in [6.07, 6.45) is 0. The van der Waals surface area contributed by atoms with Gasteiger partial charge >= 0.3 is 16.5 Å². The molecule has 3 N–H and O–H groups in total. The van der Waals surface area contributed by atoms with Crippen LogP contribution in [0.2, 0.25) is 0 Å². The molecule has 48 valence electrons. The largest absolute Gasteiger partial charge is 2.00 e. The molecule has 0 radical (unpaired) electrons. The first-order chi connectivity index (χ1) is 2.00. The third-order valence-corrected chi connectivity index (χ3v) is 0. The molecule has 0 saturated heterocycles. The van der Waals surface area contributed by atoms with Gasteiger partial charge in [-0.05, 0) is 0 Å². The quantitative estimate of drug-likeness (QED) is 0.280. The summed E-state index contributed by atoms with van der Waals surface area (Å²) < 4.78 is 34.1. The van der Waals surface area contributed by atoms with Crippen molar-refractivity contribution >= 4 is 10.4 Å². The molecule has 0 bridgehead atoms. The van der Waals surface area contributed by atoms with Gasteiger partial charge in [-0.15, -0.1) is 0 Å². The van der Waals surface area contributed by atoms with Crippen molar-refractivity contribution in [2.75, 3.05) is 0 Å². The molecule has 0 aromatic rings. The van der Waals surface area contributed by atoms with Crippen LogP contribution in [0.3, 0.4) is 0 Å². The van der Waals surface area contributed by atoms with E-state index in [4.69, 9.17) is 17.5 Å². The van der Waals surface area contributed by atoms with Crippen LogP contribution in [-0.2, 0) is 26.9 Å². The van der Waals surface area contributed by atoms with Gasteiger partial charge in [0.05, 0.1) is 0 Å². The average molecular weight is 172 g/mol. The molecule has 0 unspecified atom stereocenters. The second kappa shape index (κ2) is 4.48. The maximum absolute atomic E-state index is 8.52. The predicted octanol–water partition coefficient (Wildman–Crippen LogP) is -1.18. The molecule has 0 aromatic heterocycles. The summed E-state index contributed by atoms with van der Waals surface area (Å²) in [5.74, 6) is 0. The maximum Gasteiger partial charge on any atom is 2.00 e. The molecule has 0 aromatic carbocycles. The monoisotopic (exact) mass is 171 g/mol. The van der Waals surface area contributed by atoms with Crippen LogP contribution < -0.4 is 6.15 Å². The molecule has 0 aliphatic rings. The summed E-state index contributed by atoms with van der Waals surface area (Å²) in [6.45, 7) is 0. The van der Waals surface area contributed by atoms with Crippen molar-refractivity contribution in [1.29, 1.82) is 0 Å². The molecule has 0 spiro atoms. The van der Waals surface area contributed by atoms with Crippen LogP contribution in [0.5, 0.6) is 0 Å². The molecule has 0 aliphatic heterocycles. The van der Waals surface area contributed by atoms with E-state index >= 15 is 0 Å². The summed E-state index contributed by atoms with van der Waals surface area (Å²) in [7, 11) is -5.17. The number of rotatable bonds is 0. The van der Waals surface area contributed by atoms with Gasteiger partial charge in [0.1, 0.15) is 0 Å². The van der Waals surface area contributed by atoms with Crippen LogP contribution in [0.15, 0.2) is 0 Å². The molecule has 0 saturated carbocycles. The van der Waals surface area contributed by atoms with E-state index in [-0.39, 0.29) is 22.6 Å². The summed E-state index contributed by atoms with van der Waals surface area (Å²) in [4.78, 5) is 0. The zero-order valence-corrected chi connectivity index (χ0v) is 4.87. The fourth-order valence-electron chi connectivity index (χ4n) is 0. The van der Waals surface area contributed by atoms with Crippen molar-refractivity contribution in [3.63, 3.8) is 0 Å². The van der Waals surface area contributed by atoms with Crippen LogP contribution in [-0.4, -0.2) is 17.5 Å². The van der Waals surface area contributed by atoms with Crippen LogP contribution in [0.1, 0.15) is 0 Å². The smallest absolute Gasteiger partial charge is 0.759 e. The van der Waals surface area contributed by atoms with Crippen molar-refractivity contribution in [3.05, 3.63) is 0 Å². The molecule has 0 heterocycles. The van der Waals surface area contributed by atoms with E-state index in [0.29, 0.717) is 0 Å². The van der Waals surface area contributed by atoms with Gasteiger partial charge in [0.2, 0.25) is 0 Å². The molecule has 0 atom stereocenters. The number of hydrogen-bond donors (Lipinski definition) is 1. The second-order valence-electron chi connectivity index (χ2n) is 0.408. The SMILES string of the molecule is N.O=S(=O)([O-])[O-].[Ni+2]. The fourth-order valence-corrected chi connectivity index (χ4v) is 0. The van der Waals surface area contributed by atoms with Gasteiger partial charge in [-0.2, -0.15) is 0 Å². The molecule has 5 nitrogen and oxygen atoms in total. The molecule has 7 heteroatoms. The van der Waals surface area contributed by atoms with Gasteiger partial charge in [0.25, 0.3) is 0 Å². The minimum Gasteiger partial charge on any atom is -0.759 e. The molecular weight excluding hydrogens is 169 g/mol. The second-order valence-corrected chi connectivity index (χ2v) is 1.22. The number of hydrogen-bond acceptors (Lipinski definition) is 5. The third-order valence-electron chi connectivity index (χ3n) is 0. The zero-order valence-electron chi connectivity index (χ0n) is 3.06. The van der Waals surface area contributed by atoms with E-state index in [9.17, 15) is 0 Å². The van der Waals surface area contributed by atoms with Crippen molar-refractivity contribution < 1.29 is 34.0 Å². The van der Waals surface area contributed by atoms with Gasteiger partial charge in [0, 0.05) is 10.4 Å². The Hall–Kier alpha value is 0.324. The van der Waals surface area contributed by atoms with Gasteiger partial charge in [0.15, 0.2) is 0 Å². The first kappa shape index (κ1) is 15.7. The minimum absolute atomic E-state index is 0. The van der Waals surface area contributed by atoms with E-state index in [1.54, 1.807) is 0 Å². The summed E-state index contributed by atoms with van der Waals surface area (Å²) in [5, 5.41) is 0. The first-order valence-corrected chi connectivity index (χ1v) is 2.00. The van der Waals surface area contributed by atoms with E-state index < -0.39 is 10.4 Å². The van der Waals surface area contributed by atoms with E-state index in [2.05, 4.69) is 0 Å². The normalized spacial score (nSPS) is 8.29. The Balaban J connectivity index is -0.0000000800. The molecule has 7 heavy (non-hydrogen) atoms. The van der Waals surface area contributed by atoms with Gasteiger partial charge in [-0.1, -0.05) is 0 Å². The summed E-state index contributed by atoms with van der Waals surface area (Å²) >= 11 is 0. The zero-order chi connectivity index (χ0) is 4.50. The van der Waals surface area contributed by atoms with Crippen LogP contribution in [0.4, 0.5) is 0 Å². The van der Waals surface area contributed by atoms with Crippen LogP contribution >= 0.6 is 0 Å². The Kier molecular flexibility index (Phi) is 10.0. The van der Waals surface area contributed by atoms with Gasteiger partial charge in [-0.25, -0.2) is 0 Å². The molecule has 0 amide bonds. The van der Waals surface area contributed by atoms with Crippen molar-refractivity contribution in [2.24, 2.45) is 0 Å². The first-order valence-electron chi connectivity index (χ1n) is 0.667. The Labute approximate surface area is 51.2 Å². The van der Waals surface area contributed by atoms with Crippen molar-refractivity contribution in [3.8, 4) is 0 Å². The fraction of sp³-hybridized carbons (Fsp3) is 0. The standard InChI is InChI=1S/H3N.Ni.H2O4S/c;;1-5(2,3)4/h1H3;;(H2,1,2,3,4)/q;+2;/p-2. The molecular formula is H3NNiO4S. The maximum atomic E-state index is 8.52. The van der Waals surface area contributed by atoms with Crippen LogP contribution in [0.25, 0.3) is 0 Å². The summed E-state index contributed by atoms with van der Waals surface area (Å²) in [6, 6.07) is 0. The Morgan fingerprint density at radius 1 is 1.14 bits per heavy atom. The van der Waals surface area contributed by atoms with Gasteiger partial charge in [-0.3, -0.25) is 8.42 Å². The molecule has 0 fully saturated rings. The van der Waals surface area contributed by atoms with Gasteiger partial charge < -0.3 is 15.3 Å². The Bertz CT molecular complexity index is 94.9. The minimum atomic E-state index is -5.17. The molecule has 0 aliphatic carbocycles. The Morgan fingerprint density at radius 3 is 1.14 bits per heavy atom. The van der Waals surface area contributed by atoms with Crippen LogP contribution in [0, 0.1) is 0 Å². The van der Waals surface area contributed by atoms with E-state index in [1.165, 1.54) is 0 Å². The molecule has 0 rings (SSSR count).